The van der Waals surface area contributed by atoms with Crippen LogP contribution in [0.3, 0.4) is 0 Å². The predicted octanol–water partition coefficient (Wildman–Crippen LogP) is 2.07. The van der Waals surface area contributed by atoms with Crippen molar-refractivity contribution in [2.45, 2.75) is 31.7 Å². The fourth-order valence-electron chi connectivity index (χ4n) is 1.99. The normalized spacial score (nSPS) is 17.2. The molecule has 3 rings (SSSR count). The zero-order valence-corrected chi connectivity index (χ0v) is 10.7. The van der Waals surface area contributed by atoms with E-state index in [1.807, 2.05) is 0 Å². The van der Waals surface area contributed by atoms with Crippen molar-refractivity contribution in [3.63, 3.8) is 0 Å². The number of nitrogens with zero attached hydrogens (tertiary/aromatic N) is 5. The van der Waals surface area contributed by atoms with Crippen LogP contribution in [0.1, 0.15) is 26.2 Å². The van der Waals surface area contributed by atoms with E-state index in [4.69, 9.17) is 11.6 Å². The van der Waals surface area contributed by atoms with E-state index in [2.05, 4.69) is 32.2 Å². The molecule has 94 valence electrons. The van der Waals surface area contributed by atoms with Gasteiger partial charge in [-0.2, -0.15) is 15.0 Å². The number of halogens is 1. The Balaban J connectivity index is 1.91. The molecule has 7 heteroatoms. The summed E-state index contributed by atoms with van der Waals surface area (Å²) in [6, 6.07) is 0. The van der Waals surface area contributed by atoms with Crippen LogP contribution in [0.5, 0.6) is 0 Å². The van der Waals surface area contributed by atoms with Gasteiger partial charge in [-0.15, -0.1) is 0 Å². The SMILES string of the molecule is CC1(Nc2nc(Cl)nc(-n3ccnc3)n2)CCC1. The van der Waals surface area contributed by atoms with Gasteiger partial charge in [0.25, 0.3) is 0 Å². The summed E-state index contributed by atoms with van der Waals surface area (Å²) in [7, 11) is 0. The smallest absolute Gasteiger partial charge is 0.241 e. The first kappa shape index (κ1) is 11.4. The minimum absolute atomic E-state index is 0.0802. The van der Waals surface area contributed by atoms with E-state index in [0.29, 0.717) is 11.9 Å². The number of nitrogens with one attached hydrogen (secondary N) is 1. The van der Waals surface area contributed by atoms with Crippen LogP contribution < -0.4 is 5.32 Å². The van der Waals surface area contributed by atoms with Crippen molar-refractivity contribution >= 4 is 17.5 Å². The molecular weight excluding hydrogens is 252 g/mol. The summed E-state index contributed by atoms with van der Waals surface area (Å²) < 4.78 is 1.70. The number of rotatable bonds is 3. The molecule has 1 fully saturated rings. The highest BCUT2D eigenvalue weighted by atomic mass is 35.5. The molecule has 1 aliphatic carbocycles. The molecule has 6 nitrogen and oxygen atoms in total. The topological polar surface area (TPSA) is 68.5 Å². The van der Waals surface area contributed by atoms with Crippen molar-refractivity contribution in [2.24, 2.45) is 0 Å². The highest BCUT2D eigenvalue weighted by Crippen LogP contribution is 2.33. The van der Waals surface area contributed by atoms with Crippen LogP contribution in [0.4, 0.5) is 5.95 Å². The molecule has 0 radical (unpaired) electrons. The summed E-state index contributed by atoms with van der Waals surface area (Å²) in [5.41, 5.74) is 0.0802. The third-order valence-corrected chi connectivity index (χ3v) is 3.37. The standard InChI is InChI=1S/C11H13ClN6/c1-11(3-2-4-11)17-9-14-8(12)15-10(16-9)18-6-5-13-7-18/h5-7H,2-4H2,1H3,(H,14,15,16,17). The van der Waals surface area contributed by atoms with Crippen molar-refractivity contribution in [1.82, 2.24) is 24.5 Å². The Morgan fingerprint density at radius 2 is 2.17 bits per heavy atom. The van der Waals surface area contributed by atoms with Crippen LogP contribution in [0, 0.1) is 0 Å². The molecule has 0 aliphatic heterocycles. The third-order valence-electron chi connectivity index (χ3n) is 3.20. The Bertz CT molecular complexity index is 549. The molecule has 0 bridgehead atoms. The highest BCUT2D eigenvalue weighted by molar-refractivity contribution is 6.28. The molecule has 0 atom stereocenters. The zero-order valence-electron chi connectivity index (χ0n) is 9.97. The van der Waals surface area contributed by atoms with Crippen molar-refractivity contribution in [3.8, 4) is 5.95 Å². The van der Waals surface area contributed by atoms with Crippen LogP contribution >= 0.6 is 11.6 Å². The molecule has 2 aromatic rings. The van der Waals surface area contributed by atoms with Gasteiger partial charge < -0.3 is 5.32 Å². The highest BCUT2D eigenvalue weighted by Gasteiger charge is 2.32. The Labute approximate surface area is 109 Å². The lowest BCUT2D eigenvalue weighted by molar-refractivity contribution is 0.304. The maximum absolute atomic E-state index is 5.92. The van der Waals surface area contributed by atoms with Crippen molar-refractivity contribution < 1.29 is 0 Å². The summed E-state index contributed by atoms with van der Waals surface area (Å²) in [5, 5.41) is 3.50. The zero-order chi connectivity index (χ0) is 12.6. The van der Waals surface area contributed by atoms with E-state index in [9.17, 15) is 0 Å². The minimum atomic E-state index is 0.0802. The molecule has 0 spiro atoms. The van der Waals surface area contributed by atoms with Crippen molar-refractivity contribution in [1.29, 1.82) is 0 Å². The maximum atomic E-state index is 5.92. The van der Waals surface area contributed by atoms with Gasteiger partial charge in [0.05, 0.1) is 0 Å². The second kappa shape index (κ2) is 4.20. The predicted molar refractivity (Wildman–Crippen MR) is 67.8 cm³/mol. The molecule has 0 unspecified atom stereocenters. The molecule has 18 heavy (non-hydrogen) atoms. The lowest BCUT2D eigenvalue weighted by Crippen LogP contribution is -2.42. The van der Waals surface area contributed by atoms with Crippen LogP contribution in [-0.4, -0.2) is 30.0 Å². The number of aromatic nitrogens is 5. The lowest BCUT2D eigenvalue weighted by Gasteiger charge is -2.39. The average Bonchev–Trinajstić information content (AvgIpc) is 2.79. The third kappa shape index (κ3) is 2.15. The number of imidazole rings is 1. The Kier molecular flexibility index (Phi) is 2.66. The first-order chi connectivity index (χ1) is 8.65. The van der Waals surface area contributed by atoms with Crippen molar-refractivity contribution in [2.75, 3.05) is 5.32 Å². The lowest BCUT2D eigenvalue weighted by atomic mass is 9.79. The molecule has 0 saturated heterocycles. The van der Waals surface area contributed by atoms with Gasteiger partial charge in [-0.25, -0.2) is 4.98 Å². The maximum Gasteiger partial charge on any atom is 0.241 e. The molecule has 0 amide bonds. The largest absolute Gasteiger partial charge is 0.349 e. The minimum Gasteiger partial charge on any atom is -0.349 e. The van der Waals surface area contributed by atoms with E-state index in [0.717, 1.165) is 12.8 Å². The van der Waals surface area contributed by atoms with Crippen LogP contribution in [-0.2, 0) is 0 Å². The summed E-state index contributed by atoms with van der Waals surface area (Å²) >= 11 is 5.92. The van der Waals surface area contributed by atoms with Gasteiger partial charge in [-0.1, -0.05) is 0 Å². The summed E-state index contributed by atoms with van der Waals surface area (Å²) in [4.78, 5) is 16.5. The molecule has 2 heterocycles. The Morgan fingerprint density at radius 3 is 2.78 bits per heavy atom. The van der Waals surface area contributed by atoms with Crippen molar-refractivity contribution in [3.05, 3.63) is 24.0 Å². The van der Waals surface area contributed by atoms with Gasteiger partial charge in [0.15, 0.2) is 0 Å². The monoisotopic (exact) mass is 264 g/mol. The quantitative estimate of drug-likeness (QED) is 0.919. The first-order valence-corrected chi connectivity index (χ1v) is 6.21. The summed E-state index contributed by atoms with van der Waals surface area (Å²) in [6.07, 6.45) is 8.53. The van der Waals surface area contributed by atoms with E-state index in [1.165, 1.54) is 6.42 Å². The molecule has 2 aromatic heterocycles. The van der Waals surface area contributed by atoms with Gasteiger partial charge in [0, 0.05) is 17.9 Å². The van der Waals surface area contributed by atoms with E-state index in [1.54, 1.807) is 23.3 Å². The molecular formula is C11H13ClN6. The Hall–Kier alpha value is -1.69. The van der Waals surface area contributed by atoms with Gasteiger partial charge in [0.1, 0.15) is 6.33 Å². The van der Waals surface area contributed by atoms with Gasteiger partial charge >= 0.3 is 0 Å². The second-order valence-electron chi connectivity index (χ2n) is 4.74. The first-order valence-electron chi connectivity index (χ1n) is 5.83. The van der Waals surface area contributed by atoms with E-state index >= 15 is 0 Å². The van der Waals surface area contributed by atoms with E-state index in [-0.39, 0.29) is 10.8 Å². The number of anilines is 1. The van der Waals surface area contributed by atoms with Gasteiger partial charge in [-0.05, 0) is 37.8 Å². The summed E-state index contributed by atoms with van der Waals surface area (Å²) in [6.45, 7) is 2.16. The number of hydrogen-bond acceptors (Lipinski definition) is 5. The fraction of sp³-hybridized carbons (Fsp3) is 0.455. The van der Waals surface area contributed by atoms with Crippen LogP contribution in [0.2, 0.25) is 5.28 Å². The van der Waals surface area contributed by atoms with Gasteiger partial charge in [-0.3, -0.25) is 4.57 Å². The van der Waals surface area contributed by atoms with E-state index < -0.39 is 0 Å². The number of hydrogen-bond donors (Lipinski definition) is 1. The molecule has 1 N–H and O–H groups in total. The fourth-order valence-corrected chi connectivity index (χ4v) is 2.15. The molecule has 0 aromatic carbocycles. The molecule has 1 saturated carbocycles. The van der Waals surface area contributed by atoms with Crippen LogP contribution in [0.25, 0.3) is 5.95 Å². The Morgan fingerprint density at radius 1 is 1.33 bits per heavy atom. The second-order valence-corrected chi connectivity index (χ2v) is 5.08. The average molecular weight is 265 g/mol. The molecule has 1 aliphatic rings. The van der Waals surface area contributed by atoms with Crippen LogP contribution in [0.15, 0.2) is 18.7 Å². The van der Waals surface area contributed by atoms with Gasteiger partial charge in [0.2, 0.25) is 17.2 Å². The summed E-state index contributed by atoms with van der Waals surface area (Å²) in [5.74, 6) is 0.985.